The van der Waals surface area contributed by atoms with Gasteiger partial charge in [0.25, 0.3) is 0 Å². The quantitative estimate of drug-likeness (QED) is 0.230. The monoisotopic (exact) mass is 558 g/mol. The van der Waals surface area contributed by atoms with E-state index in [1.807, 2.05) is 42.5 Å². The summed E-state index contributed by atoms with van der Waals surface area (Å²) in [6.07, 6.45) is 1.70. The number of H-pyrrole nitrogens is 1. The lowest BCUT2D eigenvalue weighted by Crippen LogP contribution is -2.45. The SMILES string of the molecule is Cc1cc2c(OC[C@@H](O)CN3CC[C@H](c4cc5cc(Cl)ccc5s4)C[C@H]3C)cccc2[nH]1.O=C(O)C(=O)O. The molecule has 0 aliphatic carbocycles. The van der Waals surface area contributed by atoms with Crippen LogP contribution >= 0.6 is 22.9 Å². The zero-order valence-electron chi connectivity index (χ0n) is 21.2. The molecule has 38 heavy (non-hydrogen) atoms. The number of nitrogens with zero attached hydrogens (tertiary/aromatic N) is 1. The molecule has 0 unspecified atom stereocenters. The van der Waals surface area contributed by atoms with Gasteiger partial charge in [0.1, 0.15) is 18.5 Å². The number of aliphatic hydroxyl groups is 1. The van der Waals surface area contributed by atoms with E-state index in [-0.39, 0.29) is 0 Å². The largest absolute Gasteiger partial charge is 0.490 e. The standard InChI is InChI=1S/C26H29ClN2O2S.C2H2O4/c1-16-10-22-23(28-16)4-3-5-24(22)31-15-21(30)14-29-9-8-18(11-17(29)2)26-13-19-12-20(27)6-7-25(19)32-26;3-1(4)2(5)6/h3-7,10,12-13,17-18,21,28,30H,8-9,11,14-15H2,1-2H3;(H,3,4)(H,5,6)/t17-,18+,21+;/m1./s1. The minimum atomic E-state index is -1.82. The summed E-state index contributed by atoms with van der Waals surface area (Å²) in [5, 5.41) is 28.6. The first-order valence-electron chi connectivity index (χ1n) is 12.4. The van der Waals surface area contributed by atoms with Crippen molar-refractivity contribution in [1.82, 2.24) is 9.88 Å². The number of rotatable bonds is 6. The van der Waals surface area contributed by atoms with Gasteiger partial charge >= 0.3 is 11.9 Å². The summed E-state index contributed by atoms with van der Waals surface area (Å²) in [7, 11) is 0. The highest BCUT2D eigenvalue weighted by Gasteiger charge is 2.29. The van der Waals surface area contributed by atoms with Crippen LogP contribution in [0.1, 0.15) is 36.3 Å². The number of β-amino-alcohol motifs (C(OH)–C–C–N with tert-alkyl or cyclic N) is 1. The van der Waals surface area contributed by atoms with Gasteiger partial charge < -0.3 is 25.0 Å². The number of piperidine rings is 1. The molecule has 202 valence electrons. The Bertz CT molecular complexity index is 1420. The molecule has 2 aromatic heterocycles. The molecule has 2 aromatic carbocycles. The molecule has 1 fully saturated rings. The van der Waals surface area contributed by atoms with Gasteiger partial charge in [0.15, 0.2) is 0 Å². The van der Waals surface area contributed by atoms with E-state index in [1.54, 1.807) is 0 Å². The van der Waals surface area contributed by atoms with Gasteiger partial charge in [0.2, 0.25) is 0 Å². The summed E-state index contributed by atoms with van der Waals surface area (Å²) in [6.45, 7) is 6.24. The van der Waals surface area contributed by atoms with Crippen molar-refractivity contribution in [2.45, 2.75) is 44.8 Å². The fourth-order valence-electron chi connectivity index (χ4n) is 4.89. The molecule has 4 aromatic rings. The van der Waals surface area contributed by atoms with Crippen molar-refractivity contribution in [3.63, 3.8) is 0 Å². The first-order valence-corrected chi connectivity index (χ1v) is 13.6. The van der Waals surface area contributed by atoms with Crippen LogP contribution in [0.3, 0.4) is 0 Å². The number of hydrogen-bond acceptors (Lipinski definition) is 6. The average molecular weight is 559 g/mol. The van der Waals surface area contributed by atoms with Gasteiger partial charge in [0.05, 0.1) is 0 Å². The predicted molar refractivity (Wildman–Crippen MR) is 150 cm³/mol. The maximum Gasteiger partial charge on any atom is 0.414 e. The molecule has 0 radical (unpaired) electrons. The third-order valence-electron chi connectivity index (χ3n) is 6.73. The van der Waals surface area contributed by atoms with Crippen molar-refractivity contribution in [2.75, 3.05) is 19.7 Å². The lowest BCUT2D eigenvalue weighted by Gasteiger charge is -2.38. The summed E-state index contributed by atoms with van der Waals surface area (Å²) < 4.78 is 7.30. The van der Waals surface area contributed by atoms with E-state index in [9.17, 15) is 5.11 Å². The maximum atomic E-state index is 10.7. The Hall–Kier alpha value is -3.11. The van der Waals surface area contributed by atoms with Crippen molar-refractivity contribution in [1.29, 1.82) is 0 Å². The number of likely N-dealkylation sites (tertiary alicyclic amines) is 1. The molecular weight excluding hydrogens is 528 g/mol. The molecule has 0 spiro atoms. The molecule has 0 saturated carbocycles. The summed E-state index contributed by atoms with van der Waals surface area (Å²) in [5.74, 6) is -2.26. The molecule has 1 aliphatic heterocycles. The number of benzene rings is 2. The molecule has 3 heterocycles. The number of carboxylic acids is 2. The number of ether oxygens (including phenoxy) is 1. The first kappa shape index (κ1) is 27.9. The van der Waals surface area contributed by atoms with E-state index in [0.717, 1.165) is 46.8 Å². The van der Waals surface area contributed by atoms with Gasteiger partial charge in [-0.2, -0.15) is 0 Å². The number of hydrogen-bond donors (Lipinski definition) is 4. The van der Waals surface area contributed by atoms with Gasteiger partial charge in [-0.1, -0.05) is 17.7 Å². The highest BCUT2D eigenvalue weighted by molar-refractivity contribution is 7.19. The van der Waals surface area contributed by atoms with Crippen LogP contribution in [0.5, 0.6) is 5.75 Å². The minimum absolute atomic E-state index is 0.299. The van der Waals surface area contributed by atoms with Crippen LogP contribution in [-0.2, 0) is 9.59 Å². The molecule has 1 saturated heterocycles. The topological polar surface area (TPSA) is 123 Å². The second-order valence-electron chi connectivity index (χ2n) is 9.64. The predicted octanol–water partition coefficient (Wildman–Crippen LogP) is 5.51. The van der Waals surface area contributed by atoms with Gasteiger partial charge in [-0.25, -0.2) is 9.59 Å². The van der Waals surface area contributed by atoms with Gasteiger partial charge in [-0.05, 0) is 87.0 Å². The van der Waals surface area contributed by atoms with Crippen LogP contribution in [0.15, 0.2) is 48.5 Å². The third kappa shape index (κ3) is 6.85. The second kappa shape index (κ2) is 12.2. The Balaban J connectivity index is 0.000000505. The number of carbonyl (C=O) groups is 2. The molecule has 0 amide bonds. The highest BCUT2D eigenvalue weighted by atomic mass is 35.5. The maximum absolute atomic E-state index is 10.7. The molecule has 4 N–H and O–H groups in total. The summed E-state index contributed by atoms with van der Waals surface area (Å²) in [4.78, 5) is 25.4. The Morgan fingerprint density at radius 1 is 1.18 bits per heavy atom. The zero-order chi connectivity index (χ0) is 27.4. The van der Waals surface area contributed by atoms with Crippen LogP contribution in [-0.4, -0.2) is 69.0 Å². The van der Waals surface area contributed by atoms with Crippen LogP contribution < -0.4 is 4.74 Å². The lowest BCUT2D eigenvalue weighted by atomic mass is 9.90. The lowest BCUT2D eigenvalue weighted by molar-refractivity contribution is -0.159. The number of aliphatic hydroxyl groups excluding tert-OH is 1. The van der Waals surface area contributed by atoms with Crippen molar-refractivity contribution >= 4 is 55.9 Å². The number of fused-ring (bicyclic) bond motifs is 2. The fraction of sp³-hybridized carbons (Fsp3) is 0.357. The first-order chi connectivity index (χ1) is 18.1. The second-order valence-corrected chi connectivity index (χ2v) is 11.2. The summed E-state index contributed by atoms with van der Waals surface area (Å²) >= 11 is 8.05. The number of carboxylic acid groups (broad SMARTS) is 2. The van der Waals surface area contributed by atoms with Gasteiger partial charge in [-0.15, -0.1) is 11.3 Å². The van der Waals surface area contributed by atoms with Crippen LogP contribution in [0.2, 0.25) is 5.02 Å². The van der Waals surface area contributed by atoms with Crippen molar-refractivity contribution in [3.8, 4) is 5.75 Å². The van der Waals surface area contributed by atoms with Crippen LogP contribution in [0.4, 0.5) is 0 Å². The van der Waals surface area contributed by atoms with E-state index >= 15 is 0 Å². The van der Waals surface area contributed by atoms with E-state index in [4.69, 9.17) is 36.1 Å². The van der Waals surface area contributed by atoms with Gasteiger partial charge in [0, 0.05) is 43.8 Å². The third-order valence-corrected chi connectivity index (χ3v) is 8.25. The van der Waals surface area contributed by atoms with E-state index in [1.165, 1.54) is 15.0 Å². The number of aromatic nitrogens is 1. The Kier molecular flexibility index (Phi) is 8.94. The molecular formula is C28H31ClN2O6S. The fourth-order valence-corrected chi connectivity index (χ4v) is 6.26. The number of halogens is 1. The Morgan fingerprint density at radius 2 is 1.95 bits per heavy atom. The summed E-state index contributed by atoms with van der Waals surface area (Å²) in [5.41, 5.74) is 2.17. The molecule has 1 aliphatic rings. The number of nitrogens with one attached hydrogen (secondary N) is 1. The highest BCUT2D eigenvalue weighted by Crippen LogP contribution is 2.39. The normalized spacial score (nSPS) is 18.6. The van der Waals surface area contributed by atoms with E-state index < -0.39 is 18.0 Å². The number of aliphatic carboxylic acids is 2. The number of thiophene rings is 1. The molecule has 10 heteroatoms. The van der Waals surface area contributed by atoms with Crippen molar-refractivity contribution in [2.24, 2.45) is 0 Å². The van der Waals surface area contributed by atoms with Crippen molar-refractivity contribution < 1.29 is 29.6 Å². The smallest absolute Gasteiger partial charge is 0.414 e. The zero-order valence-corrected chi connectivity index (χ0v) is 22.8. The van der Waals surface area contributed by atoms with E-state index in [2.05, 4.69) is 41.1 Å². The van der Waals surface area contributed by atoms with Crippen LogP contribution in [0.25, 0.3) is 21.0 Å². The van der Waals surface area contributed by atoms with Crippen molar-refractivity contribution in [3.05, 3.63) is 64.1 Å². The average Bonchev–Trinajstić information content (AvgIpc) is 3.46. The molecule has 3 atom stereocenters. The van der Waals surface area contributed by atoms with E-state index in [0.29, 0.717) is 25.1 Å². The molecule has 5 rings (SSSR count). The molecule has 0 bridgehead atoms. The summed E-state index contributed by atoms with van der Waals surface area (Å²) in [6, 6.07) is 17.0. The van der Waals surface area contributed by atoms with Crippen LogP contribution in [0, 0.1) is 6.92 Å². The minimum Gasteiger partial charge on any atom is -0.490 e. The number of aromatic amines is 1. The Labute approximate surface area is 229 Å². The number of aryl methyl sites for hydroxylation is 1. The molecule has 8 nitrogen and oxygen atoms in total. The van der Waals surface area contributed by atoms with Gasteiger partial charge in [-0.3, -0.25) is 4.90 Å². The Morgan fingerprint density at radius 3 is 2.66 bits per heavy atom.